The lowest BCUT2D eigenvalue weighted by atomic mass is 9.71. The lowest BCUT2D eigenvalue weighted by Gasteiger charge is -2.37. The van der Waals surface area contributed by atoms with Gasteiger partial charge in [0.2, 0.25) is 0 Å². The van der Waals surface area contributed by atoms with Crippen molar-refractivity contribution in [1.82, 2.24) is 9.72 Å². The zero-order valence-electron chi connectivity index (χ0n) is 18.8. The topological polar surface area (TPSA) is 103 Å². The minimum Gasteiger partial charge on any atom is -0.495 e. The summed E-state index contributed by atoms with van der Waals surface area (Å²) in [6.45, 7) is 0. The van der Waals surface area contributed by atoms with Gasteiger partial charge in [0, 0.05) is 17.5 Å². The fourth-order valence-electron chi connectivity index (χ4n) is 4.39. The van der Waals surface area contributed by atoms with Crippen LogP contribution in [0.2, 0.25) is 0 Å². The van der Waals surface area contributed by atoms with Gasteiger partial charge in [0.1, 0.15) is 12.0 Å². The van der Waals surface area contributed by atoms with E-state index in [0.717, 1.165) is 0 Å². The molecule has 0 saturated heterocycles. The molecule has 1 aliphatic carbocycles. The van der Waals surface area contributed by atoms with Crippen LogP contribution in [0.4, 0.5) is 19.0 Å². The molecule has 0 unspecified atom stereocenters. The average Bonchev–Trinajstić information content (AvgIpc) is 3.29. The maximum absolute atomic E-state index is 12.9. The van der Waals surface area contributed by atoms with E-state index in [9.17, 15) is 26.4 Å². The van der Waals surface area contributed by atoms with Crippen molar-refractivity contribution in [3.63, 3.8) is 0 Å². The first-order valence-corrected chi connectivity index (χ1v) is 12.4. The van der Waals surface area contributed by atoms with Crippen molar-refractivity contribution < 1.29 is 30.8 Å². The van der Waals surface area contributed by atoms with Crippen LogP contribution in [0.1, 0.15) is 24.3 Å². The normalized spacial score (nSPS) is 18.1. The Hall–Kier alpha value is -3.80. The Kier molecular flexibility index (Phi) is 5.78. The van der Waals surface area contributed by atoms with Gasteiger partial charge in [0.15, 0.2) is 5.82 Å². The summed E-state index contributed by atoms with van der Waals surface area (Å²) < 4.78 is 78.0. The van der Waals surface area contributed by atoms with Crippen LogP contribution in [0.3, 0.4) is 0 Å². The lowest BCUT2D eigenvalue weighted by molar-refractivity contribution is -0.197. The van der Waals surface area contributed by atoms with E-state index in [0.29, 0.717) is 27.9 Å². The van der Waals surface area contributed by atoms with E-state index >= 15 is 0 Å². The molecule has 0 aliphatic heterocycles. The monoisotopic (exact) mass is 519 g/mol. The van der Waals surface area contributed by atoms with Crippen molar-refractivity contribution in [2.75, 3.05) is 11.8 Å². The summed E-state index contributed by atoms with van der Waals surface area (Å²) in [4.78, 5) is 12.8. The summed E-state index contributed by atoms with van der Waals surface area (Å²) in [5.41, 5.74) is 1.14. The zero-order valence-corrected chi connectivity index (χ0v) is 19.6. The molecule has 0 atom stereocenters. The molecule has 0 bridgehead atoms. The Morgan fingerprint density at radius 2 is 1.86 bits per heavy atom. The predicted octanol–water partition coefficient (Wildman–Crippen LogP) is 4.84. The second-order valence-electron chi connectivity index (χ2n) is 8.56. The first kappa shape index (κ1) is 23.9. The molecule has 0 spiro atoms. The maximum atomic E-state index is 12.9. The standard InChI is InChI=1S/C24H20F3N3O5S/c1-34-21-13-14(16-10-17(11-16)24(25,26)27)2-5-20(21)30-19-6-4-18(12-15(19)3-7-23(30)31)36(32,33)29-22-8-9-35-28-22/h2-9,12-13,16-17H,10-11H2,1H3,(H,28,29). The highest BCUT2D eigenvalue weighted by atomic mass is 32.2. The Morgan fingerprint density at radius 3 is 2.53 bits per heavy atom. The second kappa shape index (κ2) is 8.70. The van der Waals surface area contributed by atoms with Crippen molar-refractivity contribution in [1.29, 1.82) is 0 Å². The molecule has 12 heteroatoms. The molecule has 2 aromatic heterocycles. The van der Waals surface area contributed by atoms with E-state index in [4.69, 9.17) is 4.74 Å². The number of rotatable bonds is 6. The highest BCUT2D eigenvalue weighted by Crippen LogP contribution is 2.50. The number of sulfonamides is 1. The number of benzene rings is 2. The van der Waals surface area contributed by atoms with Crippen molar-refractivity contribution in [2.45, 2.75) is 29.8 Å². The molecule has 1 aliphatic rings. The van der Waals surface area contributed by atoms with Crippen LogP contribution >= 0.6 is 0 Å². The first-order valence-electron chi connectivity index (χ1n) is 10.9. The summed E-state index contributed by atoms with van der Waals surface area (Å²) in [7, 11) is -2.55. The molecule has 8 nitrogen and oxygen atoms in total. The molecule has 36 heavy (non-hydrogen) atoms. The zero-order chi connectivity index (χ0) is 25.7. The molecule has 188 valence electrons. The van der Waals surface area contributed by atoms with Crippen LogP contribution in [-0.2, 0) is 10.0 Å². The van der Waals surface area contributed by atoms with E-state index in [2.05, 4.69) is 14.4 Å². The molecule has 2 aromatic carbocycles. The Morgan fingerprint density at radius 1 is 1.08 bits per heavy atom. The largest absolute Gasteiger partial charge is 0.495 e. The smallest absolute Gasteiger partial charge is 0.391 e. The third kappa shape index (κ3) is 4.32. The fraction of sp³-hybridized carbons (Fsp3) is 0.250. The van der Waals surface area contributed by atoms with Crippen molar-refractivity contribution in [2.24, 2.45) is 5.92 Å². The van der Waals surface area contributed by atoms with Crippen LogP contribution in [0.5, 0.6) is 5.75 Å². The predicted molar refractivity (Wildman–Crippen MR) is 125 cm³/mol. The first-order chi connectivity index (χ1) is 17.1. The fourth-order valence-corrected chi connectivity index (χ4v) is 5.42. The Balaban J connectivity index is 1.51. The molecule has 4 aromatic rings. The van der Waals surface area contributed by atoms with Crippen molar-refractivity contribution in [3.8, 4) is 11.4 Å². The number of nitrogens with one attached hydrogen (secondary N) is 1. The van der Waals surface area contributed by atoms with Gasteiger partial charge in [-0.1, -0.05) is 11.2 Å². The van der Waals surface area contributed by atoms with Gasteiger partial charge in [-0.3, -0.25) is 14.1 Å². The third-order valence-electron chi connectivity index (χ3n) is 6.37. The number of hydrogen-bond donors (Lipinski definition) is 1. The van der Waals surface area contributed by atoms with Gasteiger partial charge in [-0.25, -0.2) is 8.42 Å². The summed E-state index contributed by atoms with van der Waals surface area (Å²) in [5, 5.41) is 4.01. The molecule has 1 saturated carbocycles. The highest BCUT2D eigenvalue weighted by Gasteiger charge is 2.48. The Bertz CT molecular complexity index is 1590. The van der Waals surface area contributed by atoms with Gasteiger partial charge >= 0.3 is 6.18 Å². The minimum absolute atomic E-state index is 0.0137. The molecule has 1 N–H and O–H groups in total. The number of aromatic nitrogens is 2. The van der Waals surface area contributed by atoms with Crippen LogP contribution < -0.4 is 15.0 Å². The number of fused-ring (bicyclic) bond motifs is 1. The molecule has 0 radical (unpaired) electrons. The quantitative estimate of drug-likeness (QED) is 0.391. The van der Waals surface area contributed by atoms with E-state index in [1.54, 1.807) is 18.2 Å². The van der Waals surface area contributed by atoms with Gasteiger partial charge in [-0.05, 0) is 60.7 Å². The summed E-state index contributed by atoms with van der Waals surface area (Å²) in [6.07, 6.45) is -2.94. The maximum Gasteiger partial charge on any atom is 0.391 e. The molecule has 1 fully saturated rings. The number of pyridine rings is 1. The van der Waals surface area contributed by atoms with Gasteiger partial charge in [-0.15, -0.1) is 0 Å². The lowest BCUT2D eigenvalue weighted by Crippen LogP contribution is -2.34. The van der Waals surface area contributed by atoms with Crippen LogP contribution in [0, 0.1) is 5.92 Å². The SMILES string of the molecule is COc1cc(C2CC(C(F)(F)F)C2)ccc1-n1c(=O)ccc2cc(S(=O)(=O)Nc3ccon3)ccc21. The number of hydrogen-bond acceptors (Lipinski definition) is 6. The highest BCUT2D eigenvalue weighted by molar-refractivity contribution is 7.92. The van der Waals surface area contributed by atoms with Gasteiger partial charge in [-0.2, -0.15) is 13.2 Å². The van der Waals surface area contributed by atoms with Crippen molar-refractivity contribution >= 4 is 26.7 Å². The van der Waals surface area contributed by atoms with Gasteiger partial charge in [0.05, 0.1) is 29.1 Å². The Labute approximate surface area is 203 Å². The third-order valence-corrected chi connectivity index (χ3v) is 7.72. The molecule has 0 amide bonds. The van der Waals surface area contributed by atoms with Crippen LogP contribution in [-0.4, -0.2) is 31.4 Å². The minimum atomic E-state index is -4.20. The molecule has 5 rings (SSSR count). The number of nitrogens with zero attached hydrogens (tertiary/aromatic N) is 2. The van der Waals surface area contributed by atoms with E-state index in [1.165, 1.54) is 54.3 Å². The van der Waals surface area contributed by atoms with E-state index in [-0.39, 0.29) is 35.0 Å². The molecular weight excluding hydrogens is 499 g/mol. The number of methoxy groups -OCH3 is 1. The summed E-state index contributed by atoms with van der Waals surface area (Å²) in [6, 6.07) is 13.4. The number of halogens is 3. The number of anilines is 1. The molecular formula is C24H20F3N3O5S. The van der Waals surface area contributed by atoms with Crippen LogP contribution in [0.15, 0.2) is 75.1 Å². The molecule has 2 heterocycles. The number of alkyl halides is 3. The van der Waals surface area contributed by atoms with Gasteiger partial charge in [0.25, 0.3) is 15.6 Å². The average molecular weight is 520 g/mol. The summed E-state index contributed by atoms with van der Waals surface area (Å²) in [5.74, 6) is -1.20. The van der Waals surface area contributed by atoms with Crippen molar-refractivity contribution in [3.05, 3.63) is 76.8 Å². The van der Waals surface area contributed by atoms with Gasteiger partial charge < -0.3 is 9.26 Å². The van der Waals surface area contributed by atoms with E-state index in [1.807, 2.05) is 0 Å². The van der Waals surface area contributed by atoms with Crippen LogP contribution in [0.25, 0.3) is 16.6 Å². The number of ether oxygens (including phenoxy) is 1. The second-order valence-corrected chi connectivity index (χ2v) is 10.2. The summed E-state index contributed by atoms with van der Waals surface area (Å²) >= 11 is 0. The van der Waals surface area contributed by atoms with E-state index < -0.39 is 22.1 Å².